The Kier molecular flexibility index (Phi) is 4.64. The summed E-state index contributed by atoms with van der Waals surface area (Å²) in [6.07, 6.45) is 1.59. The van der Waals surface area contributed by atoms with Gasteiger partial charge in [-0.2, -0.15) is 0 Å². The van der Waals surface area contributed by atoms with Crippen LogP contribution in [-0.2, 0) is 0 Å². The topological polar surface area (TPSA) is 68.0 Å². The number of hydrogen-bond acceptors (Lipinski definition) is 3. The van der Waals surface area contributed by atoms with E-state index in [2.05, 4.69) is 22.1 Å². The molecule has 21 heavy (non-hydrogen) atoms. The van der Waals surface area contributed by atoms with Crippen LogP contribution >= 0.6 is 0 Å². The fraction of sp³-hybridized carbons (Fsp3) is 0.125. The molecule has 0 atom stereocenters. The van der Waals surface area contributed by atoms with E-state index in [9.17, 15) is 9.18 Å². The Morgan fingerprint density at radius 2 is 2.19 bits per heavy atom. The van der Waals surface area contributed by atoms with E-state index in [1.807, 2.05) is 13.0 Å². The molecule has 1 amide bonds. The zero-order valence-electron chi connectivity index (χ0n) is 11.5. The molecule has 0 bridgehead atoms. The molecule has 0 aliphatic rings. The second kappa shape index (κ2) is 6.64. The minimum absolute atomic E-state index is 0.152. The number of aromatic nitrogens is 1. The number of benzene rings is 1. The highest BCUT2D eigenvalue weighted by Gasteiger charge is 2.12. The molecule has 1 aromatic heterocycles. The summed E-state index contributed by atoms with van der Waals surface area (Å²) in [7, 11) is 0. The highest BCUT2D eigenvalue weighted by Crippen LogP contribution is 2.13. The lowest BCUT2D eigenvalue weighted by molar-refractivity contribution is 0.102. The summed E-state index contributed by atoms with van der Waals surface area (Å²) in [6, 6.07) is 7.39. The summed E-state index contributed by atoms with van der Waals surface area (Å²) < 4.78 is 13.4. The molecule has 3 N–H and O–H groups in total. The SMILES string of the molecule is Cc1ccnc(NC(=O)c2cc(F)ccc2C#CCN)c1. The minimum atomic E-state index is -0.504. The molecule has 0 fully saturated rings. The molecular formula is C16H14FN3O. The number of amides is 1. The van der Waals surface area contributed by atoms with Gasteiger partial charge in [-0.15, -0.1) is 0 Å². The van der Waals surface area contributed by atoms with Crippen molar-refractivity contribution >= 4 is 11.7 Å². The molecular weight excluding hydrogens is 269 g/mol. The van der Waals surface area contributed by atoms with Crippen molar-refractivity contribution < 1.29 is 9.18 Å². The van der Waals surface area contributed by atoms with Crippen LogP contribution in [0.4, 0.5) is 10.2 Å². The molecule has 0 aliphatic carbocycles. The minimum Gasteiger partial charge on any atom is -0.320 e. The number of carbonyl (C=O) groups excluding carboxylic acids is 1. The summed E-state index contributed by atoms with van der Waals surface area (Å²) in [4.78, 5) is 16.3. The molecule has 106 valence electrons. The van der Waals surface area contributed by atoms with Crippen molar-refractivity contribution in [3.8, 4) is 11.8 Å². The molecule has 0 saturated heterocycles. The first kappa shape index (κ1) is 14.7. The van der Waals surface area contributed by atoms with Gasteiger partial charge in [0.2, 0.25) is 0 Å². The molecule has 0 unspecified atom stereocenters. The molecule has 0 radical (unpaired) electrons. The molecule has 0 saturated carbocycles. The third-order valence-electron chi connectivity index (χ3n) is 2.71. The Balaban J connectivity index is 2.32. The summed E-state index contributed by atoms with van der Waals surface area (Å²) in [6.45, 7) is 2.05. The Morgan fingerprint density at radius 3 is 2.90 bits per heavy atom. The Bertz CT molecular complexity index is 732. The van der Waals surface area contributed by atoms with Crippen LogP contribution in [0.25, 0.3) is 0 Å². The highest BCUT2D eigenvalue weighted by atomic mass is 19.1. The predicted molar refractivity (Wildman–Crippen MR) is 79.3 cm³/mol. The van der Waals surface area contributed by atoms with E-state index in [0.717, 1.165) is 11.6 Å². The van der Waals surface area contributed by atoms with Gasteiger partial charge in [0.15, 0.2) is 0 Å². The van der Waals surface area contributed by atoms with Gasteiger partial charge >= 0.3 is 0 Å². The van der Waals surface area contributed by atoms with Crippen LogP contribution in [0.3, 0.4) is 0 Å². The van der Waals surface area contributed by atoms with E-state index in [4.69, 9.17) is 5.73 Å². The first-order valence-corrected chi connectivity index (χ1v) is 6.32. The molecule has 5 heteroatoms. The Morgan fingerprint density at radius 1 is 1.38 bits per heavy atom. The largest absolute Gasteiger partial charge is 0.320 e. The molecule has 1 heterocycles. The van der Waals surface area contributed by atoms with Crippen LogP contribution in [0.2, 0.25) is 0 Å². The zero-order chi connectivity index (χ0) is 15.2. The fourth-order valence-corrected chi connectivity index (χ4v) is 1.75. The smallest absolute Gasteiger partial charge is 0.258 e. The standard InChI is InChI=1S/C16H14FN3O/c1-11-6-8-19-15(9-11)20-16(21)14-10-13(17)5-4-12(14)3-2-7-18/h4-6,8-10H,7,18H2,1H3,(H,19,20,21). The predicted octanol–water partition coefficient (Wildman–Crippen LogP) is 2.09. The van der Waals surface area contributed by atoms with Crippen LogP contribution in [0.1, 0.15) is 21.5 Å². The summed E-state index contributed by atoms with van der Waals surface area (Å²) in [5.74, 6) is 4.84. The first-order valence-electron chi connectivity index (χ1n) is 6.32. The molecule has 2 aromatic rings. The summed E-state index contributed by atoms with van der Waals surface area (Å²) >= 11 is 0. The third-order valence-corrected chi connectivity index (χ3v) is 2.71. The normalized spacial score (nSPS) is 9.67. The van der Waals surface area contributed by atoms with Crippen molar-refractivity contribution in [3.63, 3.8) is 0 Å². The lowest BCUT2D eigenvalue weighted by Gasteiger charge is -2.07. The van der Waals surface area contributed by atoms with Gasteiger partial charge < -0.3 is 11.1 Å². The van der Waals surface area contributed by atoms with E-state index < -0.39 is 11.7 Å². The number of nitrogens with one attached hydrogen (secondary N) is 1. The molecule has 4 nitrogen and oxygen atoms in total. The Hall–Kier alpha value is -2.71. The van der Waals surface area contributed by atoms with E-state index in [1.54, 1.807) is 12.3 Å². The number of halogens is 1. The lowest BCUT2D eigenvalue weighted by Crippen LogP contribution is -2.15. The van der Waals surface area contributed by atoms with Crippen molar-refractivity contribution in [2.45, 2.75) is 6.92 Å². The maximum Gasteiger partial charge on any atom is 0.258 e. The van der Waals surface area contributed by atoms with Crippen LogP contribution in [0, 0.1) is 24.6 Å². The maximum absolute atomic E-state index is 13.4. The first-order chi connectivity index (χ1) is 10.1. The van der Waals surface area contributed by atoms with E-state index in [0.29, 0.717) is 11.4 Å². The van der Waals surface area contributed by atoms with E-state index in [-0.39, 0.29) is 12.1 Å². The van der Waals surface area contributed by atoms with Gasteiger partial charge in [-0.25, -0.2) is 9.37 Å². The second-order valence-electron chi connectivity index (χ2n) is 4.37. The van der Waals surface area contributed by atoms with Crippen LogP contribution in [0.5, 0.6) is 0 Å². The average Bonchev–Trinajstić information content (AvgIpc) is 2.46. The van der Waals surface area contributed by atoms with Gasteiger partial charge in [0.05, 0.1) is 12.1 Å². The van der Waals surface area contributed by atoms with Gasteiger partial charge in [0, 0.05) is 11.8 Å². The second-order valence-corrected chi connectivity index (χ2v) is 4.37. The van der Waals surface area contributed by atoms with Crippen molar-refractivity contribution in [2.75, 3.05) is 11.9 Å². The Labute approximate surface area is 122 Å². The monoisotopic (exact) mass is 283 g/mol. The van der Waals surface area contributed by atoms with Crippen molar-refractivity contribution in [1.29, 1.82) is 0 Å². The molecule has 1 aromatic carbocycles. The number of carbonyl (C=O) groups is 1. The van der Waals surface area contributed by atoms with Crippen LogP contribution < -0.4 is 11.1 Å². The molecule has 0 spiro atoms. The van der Waals surface area contributed by atoms with E-state index >= 15 is 0 Å². The fourth-order valence-electron chi connectivity index (χ4n) is 1.75. The van der Waals surface area contributed by atoms with Gasteiger partial charge in [-0.3, -0.25) is 4.79 Å². The number of nitrogens with two attached hydrogens (primary N) is 1. The van der Waals surface area contributed by atoms with E-state index in [1.165, 1.54) is 12.1 Å². The highest BCUT2D eigenvalue weighted by molar-refractivity contribution is 6.05. The van der Waals surface area contributed by atoms with Gasteiger partial charge in [0.1, 0.15) is 11.6 Å². The number of rotatable bonds is 2. The maximum atomic E-state index is 13.4. The number of hydrogen-bond donors (Lipinski definition) is 2. The van der Waals surface area contributed by atoms with Crippen molar-refractivity contribution in [3.05, 3.63) is 59.0 Å². The number of anilines is 1. The van der Waals surface area contributed by atoms with Crippen LogP contribution in [0.15, 0.2) is 36.5 Å². The number of aryl methyl sites for hydroxylation is 1. The average molecular weight is 283 g/mol. The van der Waals surface area contributed by atoms with Crippen LogP contribution in [-0.4, -0.2) is 17.4 Å². The van der Waals surface area contributed by atoms with Gasteiger partial charge in [-0.05, 0) is 42.8 Å². The molecule has 2 rings (SSSR count). The van der Waals surface area contributed by atoms with Crippen molar-refractivity contribution in [2.24, 2.45) is 5.73 Å². The molecule has 0 aliphatic heterocycles. The van der Waals surface area contributed by atoms with Crippen molar-refractivity contribution in [1.82, 2.24) is 4.98 Å². The quantitative estimate of drug-likeness (QED) is 0.829. The number of nitrogens with zero attached hydrogens (tertiary/aromatic N) is 1. The summed E-state index contributed by atoms with van der Waals surface area (Å²) in [5, 5.41) is 2.63. The van der Waals surface area contributed by atoms with Gasteiger partial charge in [-0.1, -0.05) is 11.8 Å². The third kappa shape index (κ3) is 3.88. The lowest BCUT2D eigenvalue weighted by atomic mass is 10.1. The number of pyridine rings is 1. The van der Waals surface area contributed by atoms with Gasteiger partial charge in [0.25, 0.3) is 5.91 Å². The zero-order valence-corrected chi connectivity index (χ0v) is 11.5. The summed E-state index contributed by atoms with van der Waals surface area (Å²) in [5.41, 5.74) is 6.85.